The highest BCUT2D eigenvalue weighted by atomic mass is 32.2. The van der Waals surface area contributed by atoms with Gasteiger partial charge in [0.2, 0.25) is 0 Å². The lowest BCUT2D eigenvalue weighted by atomic mass is 10.1. The minimum atomic E-state index is -2.53. The first-order chi connectivity index (χ1) is 10.6. The molecule has 22 heavy (non-hydrogen) atoms. The number of hydrogen-bond donors (Lipinski definition) is 2. The smallest absolute Gasteiger partial charge is 0.319 e. The molecule has 0 aliphatic carbocycles. The number of hydrogen-bond acceptors (Lipinski definition) is 2. The second kappa shape index (κ2) is 7.79. The number of nitrogens with one attached hydrogen (secondary N) is 2. The fourth-order valence-corrected chi connectivity index (χ4v) is 2.54. The van der Waals surface area contributed by atoms with E-state index in [9.17, 15) is 13.6 Å². The summed E-state index contributed by atoms with van der Waals surface area (Å²) in [6.45, 7) is 1.86. The van der Waals surface area contributed by atoms with Crippen molar-refractivity contribution in [3.8, 4) is 0 Å². The topological polar surface area (TPSA) is 41.1 Å². The summed E-state index contributed by atoms with van der Waals surface area (Å²) in [4.78, 5) is 12.3. The second-order valence-corrected chi connectivity index (χ2v) is 5.64. The van der Waals surface area contributed by atoms with E-state index in [1.54, 1.807) is 24.3 Å². The van der Waals surface area contributed by atoms with Crippen molar-refractivity contribution in [2.75, 3.05) is 5.32 Å². The van der Waals surface area contributed by atoms with Crippen molar-refractivity contribution >= 4 is 23.5 Å². The standard InChI is InChI=1S/C16H16F2N2OS/c1-11(12-7-3-2-4-8-12)19-16(21)20-13-9-5-6-10-14(13)22-15(17)18/h2-11,15H,1H3,(H2,19,20,21)/t11-/m0/s1. The number of halogens is 2. The first-order valence-corrected chi connectivity index (χ1v) is 7.60. The third-order valence-electron chi connectivity index (χ3n) is 3.00. The van der Waals surface area contributed by atoms with Crippen molar-refractivity contribution in [1.29, 1.82) is 0 Å². The maximum Gasteiger partial charge on any atom is 0.319 e. The molecule has 0 aromatic heterocycles. The van der Waals surface area contributed by atoms with E-state index >= 15 is 0 Å². The van der Waals surface area contributed by atoms with Gasteiger partial charge < -0.3 is 10.6 Å². The van der Waals surface area contributed by atoms with Crippen LogP contribution in [-0.4, -0.2) is 11.8 Å². The molecule has 2 rings (SSSR count). The zero-order valence-electron chi connectivity index (χ0n) is 11.9. The molecule has 1 atom stereocenters. The fraction of sp³-hybridized carbons (Fsp3) is 0.188. The minimum absolute atomic E-state index is 0.184. The molecule has 6 heteroatoms. The van der Waals surface area contributed by atoms with Crippen molar-refractivity contribution in [3.05, 3.63) is 60.2 Å². The van der Waals surface area contributed by atoms with Gasteiger partial charge >= 0.3 is 6.03 Å². The van der Waals surface area contributed by atoms with E-state index in [0.29, 0.717) is 22.3 Å². The average molecular weight is 322 g/mol. The number of carbonyl (C=O) groups excluding carboxylic acids is 1. The lowest BCUT2D eigenvalue weighted by Gasteiger charge is -2.16. The number of benzene rings is 2. The fourth-order valence-electron chi connectivity index (χ4n) is 1.95. The number of urea groups is 1. The van der Waals surface area contributed by atoms with Crippen LogP contribution >= 0.6 is 11.8 Å². The van der Waals surface area contributed by atoms with Crippen LogP contribution < -0.4 is 10.6 Å². The predicted octanol–water partition coefficient (Wildman–Crippen LogP) is 4.88. The summed E-state index contributed by atoms with van der Waals surface area (Å²) in [5, 5.41) is 5.39. The minimum Gasteiger partial charge on any atom is -0.331 e. The Morgan fingerprint density at radius 2 is 1.68 bits per heavy atom. The molecule has 2 aromatic carbocycles. The van der Waals surface area contributed by atoms with E-state index in [-0.39, 0.29) is 6.04 Å². The van der Waals surface area contributed by atoms with Crippen molar-refractivity contribution in [2.24, 2.45) is 0 Å². The van der Waals surface area contributed by atoms with Gasteiger partial charge in [-0.3, -0.25) is 0 Å². The summed E-state index contributed by atoms with van der Waals surface area (Å²) in [5.41, 5.74) is 1.33. The molecular formula is C16H16F2N2OS. The van der Waals surface area contributed by atoms with Crippen molar-refractivity contribution in [1.82, 2.24) is 5.32 Å². The zero-order chi connectivity index (χ0) is 15.9. The molecular weight excluding hydrogens is 306 g/mol. The SMILES string of the molecule is C[C@H](NC(=O)Nc1ccccc1SC(F)F)c1ccccc1. The van der Waals surface area contributed by atoms with E-state index in [2.05, 4.69) is 10.6 Å². The van der Waals surface area contributed by atoms with Crippen LogP contribution in [0.5, 0.6) is 0 Å². The van der Waals surface area contributed by atoms with Gasteiger partial charge in [-0.2, -0.15) is 8.78 Å². The van der Waals surface area contributed by atoms with Gasteiger partial charge in [0.1, 0.15) is 0 Å². The van der Waals surface area contributed by atoms with Gasteiger partial charge in [-0.25, -0.2) is 4.79 Å². The van der Waals surface area contributed by atoms with Crippen LogP contribution in [0.3, 0.4) is 0 Å². The molecule has 0 unspecified atom stereocenters. The molecule has 2 amide bonds. The zero-order valence-corrected chi connectivity index (χ0v) is 12.7. The molecule has 0 aliphatic heterocycles. The number of para-hydroxylation sites is 1. The molecule has 116 valence electrons. The Hall–Kier alpha value is -2.08. The number of alkyl halides is 2. The third-order valence-corrected chi connectivity index (χ3v) is 3.79. The second-order valence-electron chi connectivity index (χ2n) is 4.61. The molecule has 3 nitrogen and oxygen atoms in total. The Labute approximate surface area is 132 Å². The van der Waals surface area contributed by atoms with Crippen LogP contribution in [0.2, 0.25) is 0 Å². The highest BCUT2D eigenvalue weighted by Crippen LogP contribution is 2.31. The maximum absolute atomic E-state index is 12.5. The number of anilines is 1. The Morgan fingerprint density at radius 3 is 2.36 bits per heavy atom. The van der Waals surface area contributed by atoms with E-state index in [4.69, 9.17) is 0 Å². The first kappa shape index (κ1) is 16.3. The molecule has 0 spiro atoms. The van der Waals surface area contributed by atoms with Gasteiger partial charge in [-0.05, 0) is 24.6 Å². The summed E-state index contributed by atoms with van der Waals surface area (Å²) in [5.74, 6) is -2.53. The molecule has 0 saturated heterocycles. The number of thioether (sulfide) groups is 1. The molecule has 2 N–H and O–H groups in total. The normalized spacial score (nSPS) is 12.0. The van der Waals surface area contributed by atoms with Crippen LogP contribution in [0.15, 0.2) is 59.5 Å². The van der Waals surface area contributed by atoms with Crippen LogP contribution in [0.25, 0.3) is 0 Å². The summed E-state index contributed by atoms with van der Waals surface area (Å²) < 4.78 is 25.0. The quantitative estimate of drug-likeness (QED) is 0.770. The summed E-state index contributed by atoms with van der Waals surface area (Å²) in [7, 11) is 0. The molecule has 2 aromatic rings. The maximum atomic E-state index is 12.5. The van der Waals surface area contributed by atoms with Gasteiger partial charge in [0.15, 0.2) is 0 Å². The molecule has 0 saturated carbocycles. The van der Waals surface area contributed by atoms with Crippen molar-refractivity contribution < 1.29 is 13.6 Å². The van der Waals surface area contributed by atoms with Crippen LogP contribution in [0, 0.1) is 0 Å². The number of amides is 2. The van der Waals surface area contributed by atoms with Gasteiger partial charge in [-0.15, -0.1) is 0 Å². The monoisotopic (exact) mass is 322 g/mol. The Bertz CT molecular complexity index is 623. The molecule has 0 radical (unpaired) electrons. The lowest BCUT2D eigenvalue weighted by molar-refractivity contribution is 0.249. The largest absolute Gasteiger partial charge is 0.331 e. The molecule has 0 bridgehead atoms. The molecule has 0 aliphatic rings. The Balaban J connectivity index is 2.00. The third kappa shape index (κ3) is 4.73. The van der Waals surface area contributed by atoms with Crippen molar-refractivity contribution in [2.45, 2.75) is 23.6 Å². The van der Waals surface area contributed by atoms with Crippen LogP contribution in [0.4, 0.5) is 19.3 Å². The highest BCUT2D eigenvalue weighted by molar-refractivity contribution is 7.99. The van der Waals surface area contributed by atoms with E-state index in [0.717, 1.165) is 5.56 Å². The van der Waals surface area contributed by atoms with Gasteiger partial charge in [-0.1, -0.05) is 54.2 Å². The van der Waals surface area contributed by atoms with Crippen molar-refractivity contribution in [3.63, 3.8) is 0 Å². The summed E-state index contributed by atoms with van der Waals surface area (Å²) >= 11 is 0.406. The highest BCUT2D eigenvalue weighted by Gasteiger charge is 2.13. The first-order valence-electron chi connectivity index (χ1n) is 6.72. The number of rotatable bonds is 5. The molecule has 0 fully saturated rings. The molecule has 0 heterocycles. The number of carbonyl (C=O) groups is 1. The average Bonchev–Trinajstić information content (AvgIpc) is 2.49. The predicted molar refractivity (Wildman–Crippen MR) is 85.3 cm³/mol. The summed E-state index contributed by atoms with van der Waals surface area (Å²) in [6, 6.07) is 15.4. The van der Waals surface area contributed by atoms with Gasteiger partial charge in [0, 0.05) is 4.90 Å². The van der Waals surface area contributed by atoms with Gasteiger partial charge in [0.25, 0.3) is 5.76 Å². The van der Waals surface area contributed by atoms with Crippen LogP contribution in [0.1, 0.15) is 18.5 Å². The van der Waals surface area contributed by atoms with Gasteiger partial charge in [0.05, 0.1) is 11.7 Å². The van der Waals surface area contributed by atoms with E-state index in [1.807, 2.05) is 37.3 Å². The Kier molecular flexibility index (Phi) is 5.77. The van der Waals surface area contributed by atoms with E-state index < -0.39 is 11.8 Å². The van der Waals surface area contributed by atoms with E-state index in [1.165, 1.54) is 0 Å². The lowest BCUT2D eigenvalue weighted by Crippen LogP contribution is -2.31. The Morgan fingerprint density at radius 1 is 1.05 bits per heavy atom. The summed E-state index contributed by atoms with van der Waals surface area (Å²) in [6.07, 6.45) is 0. The van der Waals surface area contributed by atoms with Crippen LogP contribution in [-0.2, 0) is 0 Å².